The van der Waals surface area contributed by atoms with Crippen molar-refractivity contribution >= 4 is 17.9 Å². The average molecular weight is 369 g/mol. The summed E-state index contributed by atoms with van der Waals surface area (Å²) in [5.41, 5.74) is 5.33. The Labute approximate surface area is 154 Å². The molecule has 1 saturated carbocycles. The fourth-order valence-corrected chi connectivity index (χ4v) is 3.72. The number of hydrogen-bond acceptors (Lipinski definition) is 6. The Balaban J connectivity index is 2.95. The largest absolute Gasteiger partial charge is 0.481 e. The molecule has 0 spiro atoms. The predicted molar refractivity (Wildman–Crippen MR) is 95.9 cm³/mol. The first kappa shape index (κ1) is 22.2. The Kier molecular flexibility index (Phi) is 8.27. The number of carboxylic acid groups (broad SMARTS) is 1. The van der Waals surface area contributed by atoms with Crippen molar-refractivity contribution in [1.29, 1.82) is 0 Å². The summed E-state index contributed by atoms with van der Waals surface area (Å²) in [5.74, 6) is -2.63. The molecule has 0 radical (unpaired) electrons. The van der Waals surface area contributed by atoms with Gasteiger partial charge >= 0.3 is 17.9 Å². The smallest absolute Gasteiger partial charge is 0.326 e. The quantitative estimate of drug-likeness (QED) is 0.364. The molecule has 0 saturated heterocycles. The van der Waals surface area contributed by atoms with Crippen LogP contribution >= 0.6 is 0 Å². The maximum atomic E-state index is 12.6. The third-order valence-electron chi connectivity index (χ3n) is 5.10. The molecule has 4 atom stereocenters. The number of ether oxygens (including phenoxy) is 2. The predicted octanol–water partition coefficient (Wildman–Crippen LogP) is 2.63. The van der Waals surface area contributed by atoms with Crippen LogP contribution < -0.4 is 5.73 Å². The minimum Gasteiger partial charge on any atom is -0.481 e. The van der Waals surface area contributed by atoms with Crippen molar-refractivity contribution < 1.29 is 29.0 Å². The van der Waals surface area contributed by atoms with Crippen LogP contribution in [0.15, 0.2) is 12.7 Å². The number of carbonyl (C=O) groups is 3. The molecule has 1 rings (SSSR count). The van der Waals surface area contributed by atoms with Crippen molar-refractivity contribution in [3.05, 3.63) is 12.7 Å². The molecule has 26 heavy (non-hydrogen) atoms. The van der Waals surface area contributed by atoms with Crippen molar-refractivity contribution in [2.45, 2.75) is 71.6 Å². The van der Waals surface area contributed by atoms with E-state index in [1.54, 1.807) is 19.9 Å². The van der Waals surface area contributed by atoms with Gasteiger partial charge in [-0.15, -0.1) is 6.58 Å². The van der Waals surface area contributed by atoms with Crippen molar-refractivity contribution in [2.24, 2.45) is 23.0 Å². The standard InChI is InChI=1S/C19H31NO6/c1-5-8-14-9-6-7-10-19(14,11-15(21)22)16(20)18(24)26-13(4)25-17(23)12(2)3/h5,12-14,16H,1,6-11,20H2,2-4H3,(H,21,22). The van der Waals surface area contributed by atoms with E-state index in [2.05, 4.69) is 6.58 Å². The zero-order valence-electron chi connectivity index (χ0n) is 15.9. The molecule has 1 aliphatic rings. The van der Waals surface area contributed by atoms with Gasteiger partial charge in [0.25, 0.3) is 0 Å². The van der Waals surface area contributed by atoms with Gasteiger partial charge in [0.05, 0.1) is 12.3 Å². The third kappa shape index (κ3) is 5.56. The molecule has 3 N–H and O–H groups in total. The van der Waals surface area contributed by atoms with E-state index in [0.717, 1.165) is 19.3 Å². The summed E-state index contributed by atoms with van der Waals surface area (Å²) in [6.07, 6.45) is 4.13. The summed E-state index contributed by atoms with van der Waals surface area (Å²) in [4.78, 5) is 35.7. The molecule has 1 aliphatic carbocycles. The molecule has 148 valence electrons. The lowest BCUT2D eigenvalue weighted by atomic mass is 9.59. The molecular formula is C19H31NO6. The monoisotopic (exact) mass is 369 g/mol. The summed E-state index contributed by atoms with van der Waals surface area (Å²) < 4.78 is 10.2. The molecule has 0 aliphatic heterocycles. The molecular weight excluding hydrogens is 338 g/mol. The maximum absolute atomic E-state index is 12.6. The van der Waals surface area contributed by atoms with E-state index >= 15 is 0 Å². The van der Waals surface area contributed by atoms with Crippen molar-refractivity contribution in [3.8, 4) is 0 Å². The highest BCUT2D eigenvalue weighted by Crippen LogP contribution is 2.48. The molecule has 0 aromatic rings. The molecule has 0 heterocycles. The first-order valence-corrected chi connectivity index (χ1v) is 9.13. The van der Waals surface area contributed by atoms with Crippen LogP contribution in [0, 0.1) is 17.3 Å². The van der Waals surface area contributed by atoms with Gasteiger partial charge in [-0.1, -0.05) is 32.8 Å². The van der Waals surface area contributed by atoms with Crippen LogP contribution in [-0.2, 0) is 23.9 Å². The fourth-order valence-electron chi connectivity index (χ4n) is 3.72. The van der Waals surface area contributed by atoms with Crippen LogP contribution in [-0.4, -0.2) is 35.3 Å². The van der Waals surface area contributed by atoms with Gasteiger partial charge in [0, 0.05) is 12.3 Å². The molecule has 4 unspecified atom stereocenters. The van der Waals surface area contributed by atoms with E-state index in [0.29, 0.717) is 12.8 Å². The van der Waals surface area contributed by atoms with Gasteiger partial charge < -0.3 is 20.3 Å². The van der Waals surface area contributed by atoms with E-state index < -0.39 is 35.7 Å². The highest BCUT2D eigenvalue weighted by molar-refractivity contribution is 5.79. The summed E-state index contributed by atoms with van der Waals surface area (Å²) in [6.45, 7) is 8.53. The van der Waals surface area contributed by atoms with Gasteiger partial charge in [0.15, 0.2) is 0 Å². The fraction of sp³-hybridized carbons (Fsp3) is 0.737. The lowest BCUT2D eigenvalue weighted by molar-refractivity contribution is -0.190. The molecule has 1 fully saturated rings. The molecule has 7 heteroatoms. The van der Waals surface area contributed by atoms with E-state index in [1.807, 2.05) is 0 Å². The molecule has 0 aromatic heterocycles. The molecule has 0 bridgehead atoms. The van der Waals surface area contributed by atoms with Gasteiger partial charge in [0.2, 0.25) is 6.29 Å². The number of rotatable bonds is 9. The van der Waals surface area contributed by atoms with Crippen LogP contribution in [0.3, 0.4) is 0 Å². The van der Waals surface area contributed by atoms with Crippen molar-refractivity contribution in [2.75, 3.05) is 0 Å². The number of esters is 2. The zero-order chi connectivity index (χ0) is 19.9. The Hall–Kier alpha value is -1.89. The Morgan fingerprint density at radius 1 is 1.23 bits per heavy atom. The average Bonchev–Trinajstić information content (AvgIpc) is 2.55. The van der Waals surface area contributed by atoms with Gasteiger partial charge in [-0.05, 0) is 25.2 Å². The highest BCUT2D eigenvalue weighted by atomic mass is 16.7. The number of allylic oxidation sites excluding steroid dienone is 1. The lowest BCUT2D eigenvalue weighted by Gasteiger charge is -2.46. The van der Waals surface area contributed by atoms with Crippen molar-refractivity contribution in [1.82, 2.24) is 0 Å². The van der Waals surface area contributed by atoms with Gasteiger partial charge in [0.1, 0.15) is 6.04 Å². The summed E-state index contributed by atoms with van der Waals surface area (Å²) >= 11 is 0. The number of carbonyl (C=O) groups excluding carboxylic acids is 2. The number of nitrogens with two attached hydrogens (primary N) is 1. The Bertz CT molecular complexity index is 532. The van der Waals surface area contributed by atoms with E-state index in [9.17, 15) is 19.5 Å². The van der Waals surface area contributed by atoms with Crippen LogP contribution in [0.5, 0.6) is 0 Å². The first-order chi connectivity index (χ1) is 12.1. The Morgan fingerprint density at radius 3 is 2.38 bits per heavy atom. The summed E-state index contributed by atoms with van der Waals surface area (Å²) in [6, 6.07) is -1.11. The molecule has 7 nitrogen and oxygen atoms in total. The second-order valence-corrected chi connectivity index (χ2v) is 7.34. The second-order valence-electron chi connectivity index (χ2n) is 7.34. The number of aliphatic carboxylic acids is 1. The number of hydrogen-bond donors (Lipinski definition) is 2. The summed E-state index contributed by atoms with van der Waals surface area (Å²) in [7, 11) is 0. The minimum atomic E-state index is -1.11. The lowest BCUT2D eigenvalue weighted by Crippen LogP contribution is -2.55. The van der Waals surface area contributed by atoms with Gasteiger partial charge in [-0.2, -0.15) is 0 Å². The highest BCUT2D eigenvalue weighted by Gasteiger charge is 2.49. The third-order valence-corrected chi connectivity index (χ3v) is 5.10. The molecule has 0 aromatic carbocycles. The number of carboxylic acids is 1. The normalized spacial score (nSPS) is 25.2. The van der Waals surface area contributed by atoms with E-state index in [4.69, 9.17) is 15.2 Å². The Morgan fingerprint density at radius 2 is 1.85 bits per heavy atom. The van der Waals surface area contributed by atoms with Gasteiger partial charge in [-0.3, -0.25) is 14.4 Å². The van der Waals surface area contributed by atoms with Crippen molar-refractivity contribution in [3.63, 3.8) is 0 Å². The van der Waals surface area contributed by atoms with E-state index in [-0.39, 0.29) is 18.3 Å². The topological polar surface area (TPSA) is 116 Å². The van der Waals surface area contributed by atoms with Crippen LogP contribution in [0.1, 0.15) is 59.3 Å². The van der Waals surface area contributed by atoms with E-state index in [1.165, 1.54) is 6.92 Å². The van der Waals surface area contributed by atoms with Gasteiger partial charge in [-0.25, -0.2) is 0 Å². The zero-order valence-corrected chi connectivity index (χ0v) is 15.9. The maximum Gasteiger partial charge on any atom is 0.326 e. The van der Waals surface area contributed by atoms with Crippen LogP contribution in [0.4, 0.5) is 0 Å². The SMILES string of the molecule is C=CCC1CCCCC1(CC(=O)O)C(N)C(=O)OC(C)OC(=O)C(C)C. The first-order valence-electron chi connectivity index (χ1n) is 9.13. The summed E-state index contributed by atoms with van der Waals surface area (Å²) in [5, 5.41) is 9.41. The second kappa shape index (κ2) is 9.71. The minimum absolute atomic E-state index is 0.0547. The molecule has 0 amide bonds. The van der Waals surface area contributed by atoms with Crippen LogP contribution in [0.25, 0.3) is 0 Å². The van der Waals surface area contributed by atoms with Crippen LogP contribution in [0.2, 0.25) is 0 Å².